The summed E-state index contributed by atoms with van der Waals surface area (Å²) >= 11 is 0. The number of ketones is 1. The van der Waals surface area contributed by atoms with Gasteiger partial charge in [0.15, 0.2) is 6.10 Å². The fourth-order valence-electron chi connectivity index (χ4n) is 2.66. The summed E-state index contributed by atoms with van der Waals surface area (Å²) in [5.74, 6) is -0.951. The Morgan fingerprint density at radius 2 is 1.72 bits per heavy atom. The molecule has 1 N–H and O–H groups in total. The molecule has 2 atom stereocenters. The summed E-state index contributed by atoms with van der Waals surface area (Å²) in [7, 11) is -1.33. The molecule has 2 aromatic carbocycles. The Morgan fingerprint density at radius 3 is 2.48 bits per heavy atom. The molecule has 5 nitrogen and oxygen atoms in total. The van der Waals surface area contributed by atoms with E-state index in [0.717, 1.165) is 10.9 Å². The van der Waals surface area contributed by atoms with Crippen LogP contribution in [0, 0.1) is 0 Å². The highest BCUT2D eigenvalue weighted by Crippen LogP contribution is 2.21. The van der Waals surface area contributed by atoms with E-state index in [0.29, 0.717) is 10.5 Å². The average Bonchev–Trinajstić information content (AvgIpc) is 3.05. The quantitative estimate of drug-likeness (QED) is 0.563. The standard InChI is InChI=1S/C19H17NO4S/c1-12(18(21)15-11-20-16-9-5-3-7-13(15)16)24-19(22)14-8-4-6-10-17(14)25(2)23/h3-12,20H,1-2H3/t12-,25+/m1/s1. The lowest BCUT2D eigenvalue weighted by Crippen LogP contribution is -2.25. The molecule has 25 heavy (non-hydrogen) atoms. The molecule has 3 aromatic rings. The number of Topliss-reactive ketones (excluding diaryl/α,β-unsaturated/α-hetero) is 1. The Kier molecular flexibility index (Phi) is 4.81. The van der Waals surface area contributed by atoms with E-state index in [-0.39, 0.29) is 11.3 Å². The van der Waals surface area contributed by atoms with E-state index in [1.807, 2.05) is 24.3 Å². The number of nitrogens with one attached hydrogen (secondary N) is 1. The van der Waals surface area contributed by atoms with Crippen LogP contribution in [0.5, 0.6) is 0 Å². The lowest BCUT2D eigenvalue weighted by molar-refractivity contribution is 0.0316. The number of para-hydroxylation sites is 1. The van der Waals surface area contributed by atoms with Crippen molar-refractivity contribution in [3.05, 3.63) is 65.9 Å². The van der Waals surface area contributed by atoms with Crippen LogP contribution in [0.3, 0.4) is 0 Å². The van der Waals surface area contributed by atoms with Gasteiger partial charge in [-0.05, 0) is 25.1 Å². The Labute approximate surface area is 147 Å². The van der Waals surface area contributed by atoms with Gasteiger partial charge in [-0.25, -0.2) is 4.79 Å². The summed E-state index contributed by atoms with van der Waals surface area (Å²) in [6.45, 7) is 1.54. The van der Waals surface area contributed by atoms with Gasteiger partial charge in [0.1, 0.15) is 0 Å². The van der Waals surface area contributed by atoms with E-state index in [2.05, 4.69) is 4.98 Å². The predicted octanol–water partition coefficient (Wildman–Crippen LogP) is 3.33. The van der Waals surface area contributed by atoms with Crippen LogP contribution < -0.4 is 0 Å². The van der Waals surface area contributed by atoms with Gasteiger partial charge < -0.3 is 9.72 Å². The number of benzene rings is 2. The molecule has 128 valence electrons. The second kappa shape index (κ2) is 7.03. The minimum atomic E-state index is -1.33. The monoisotopic (exact) mass is 355 g/mol. The van der Waals surface area contributed by atoms with Gasteiger partial charge in [-0.15, -0.1) is 0 Å². The topological polar surface area (TPSA) is 76.2 Å². The van der Waals surface area contributed by atoms with Gasteiger partial charge in [-0.1, -0.05) is 30.3 Å². The first-order chi connectivity index (χ1) is 12.0. The van der Waals surface area contributed by atoms with Crippen molar-refractivity contribution >= 4 is 33.5 Å². The summed E-state index contributed by atoms with van der Waals surface area (Å²) < 4.78 is 17.1. The van der Waals surface area contributed by atoms with E-state index in [9.17, 15) is 13.8 Å². The third-order valence-corrected chi connectivity index (χ3v) is 4.90. The van der Waals surface area contributed by atoms with Gasteiger partial charge in [-0.3, -0.25) is 9.00 Å². The number of hydrogen-bond acceptors (Lipinski definition) is 4. The largest absolute Gasteiger partial charge is 0.451 e. The zero-order valence-corrected chi connectivity index (χ0v) is 14.6. The molecular weight excluding hydrogens is 338 g/mol. The molecule has 0 aliphatic carbocycles. The van der Waals surface area contributed by atoms with Crippen LogP contribution in [-0.2, 0) is 15.5 Å². The van der Waals surface area contributed by atoms with E-state index in [1.54, 1.807) is 30.5 Å². The third-order valence-electron chi connectivity index (χ3n) is 3.92. The number of aromatic amines is 1. The molecule has 1 heterocycles. The number of esters is 1. The fourth-order valence-corrected chi connectivity index (χ4v) is 3.39. The van der Waals surface area contributed by atoms with Gasteiger partial charge >= 0.3 is 5.97 Å². The zero-order chi connectivity index (χ0) is 18.0. The number of rotatable bonds is 5. The van der Waals surface area contributed by atoms with Crippen molar-refractivity contribution in [3.63, 3.8) is 0 Å². The van der Waals surface area contributed by atoms with Crippen LogP contribution in [0.2, 0.25) is 0 Å². The summed E-state index contributed by atoms with van der Waals surface area (Å²) in [5, 5.41) is 0.783. The van der Waals surface area contributed by atoms with E-state index in [4.69, 9.17) is 4.74 Å². The Bertz CT molecular complexity index is 976. The molecule has 0 aliphatic rings. The lowest BCUT2D eigenvalue weighted by atomic mass is 10.1. The normalized spacial score (nSPS) is 13.4. The second-order valence-electron chi connectivity index (χ2n) is 5.61. The van der Waals surface area contributed by atoms with E-state index < -0.39 is 22.9 Å². The van der Waals surface area contributed by atoms with Crippen molar-refractivity contribution in [3.8, 4) is 0 Å². The molecule has 0 aliphatic heterocycles. The van der Waals surface area contributed by atoms with Crippen molar-refractivity contribution in [2.24, 2.45) is 0 Å². The van der Waals surface area contributed by atoms with Gasteiger partial charge in [0, 0.05) is 28.9 Å². The number of fused-ring (bicyclic) bond motifs is 1. The molecule has 0 saturated heterocycles. The lowest BCUT2D eigenvalue weighted by Gasteiger charge is -2.13. The number of hydrogen-bond donors (Lipinski definition) is 1. The smallest absolute Gasteiger partial charge is 0.340 e. The second-order valence-corrected chi connectivity index (χ2v) is 6.96. The van der Waals surface area contributed by atoms with Crippen molar-refractivity contribution in [2.45, 2.75) is 17.9 Å². The van der Waals surface area contributed by atoms with Crippen LogP contribution in [0.1, 0.15) is 27.6 Å². The predicted molar refractivity (Wildman–Crippen MR) is 96.3 cm³/mol. The molecule has 0 spiro atoms. The van der Waals surface area contributed by atoms with Gasteiger partial charge in [0.2, 0.25) is 5.78 Å². The number of H-pyrrole nitrogens is 1. The molecule has 0 fully saturated rings. The minimum Gasteiger partial charge on any atom is -0.451 e. The van der Waals surface area contributed by atoms with Crippen molar-refractivity contribution < 1.29 is 18.5 Å². The zero-order valence-electron chi connectivity index (χ0n) is 13.8. The first-order valence-corrected chi connectivity index (χ1v) is 9.28. The van der Waals surface area contributed by atoms with Crippen molar-refractivity contribution in [2.75, 3.05) is 6.26 Å². The van der Waals surface area contributed by atoms with Crippen LogP contribution in [0.4, 0.5) is 0 Å². The highest BCUT2D eigenvalue weighted by atomic mass is 32.2. The number of aromatic nitrogens is 1. The first-order valence-electron chi connectivity index (χ1n) is 7.73. The average molecular weight is 355 g/mol. The molecule has 0 unspecified atom stereocenters. The molecule has 0 bridgehead atoms. The Hall–Kier alpha value is -2.73. The summed E-state index contributed by atoms with van der Waals surface area (Å²) in [4.78, 5) is 28.5. The van der Waals surface area contributed by atoms with Crippen molar-refractivity contribution in [1.82, 2.24) is 4.98 Å². The molecule has 0 saturated carbocycles. The Balaban J connectivity index is 1.82. The van der Waals surface area contributed by atoms with E-state index >= 15 is 0 Å². The summed E-state index contributed by atoms with van der Waals surface area (Å²) in [6, 6.07) is 13.9. The minimum absolute atomic E-state index is 0.210. The van der Waals surface area contributed by atoms with Gasteiger partial charge in [0.05, 0.1) is 21.3 Å². The van der Waals surface area contributed by atoms with E-state index in [1.165, 1.54) is 13.2 Å². The summed E-state index contributed by atoms with van der Waals surface area (Å²) in [5.41, 5.74) is 1.53. The third kappa shape index (κ3) is 3.39. The molecule has 1 aromatic heterocycles. The van der Waals surface area contributed by atoms with Gasteiger partial charge in [0.25, 0.3) is 0 Å². The molecule has 6 heteroatoms. The SMILES string of the molecule is C[C@@H](OC(=O)c1ccccc1[S@](C)=O)C(=O)c1c[nH]c2ccccc12. The van der Waals surface area contributed by atoms with Crippen LogP contribution >= 0.6 is 0 Å². The first kappa shape index (κ1) is 17.1. The number of ether oxygens (including phenoxy) is 1. The highest BCUT2D eigenvalue weighted by molar-refractivity contribution is 7.84. The maximum Gasteiger partial charge on any atom is 0.340 e. The van der Waals surface area contributed by atoms with Crippen LogP contribution in [-0.4, -0.2) is 33.3 Å². The van der Waals surface area contributed by atoms with Crippen molar-refractivity contribution in [1.29, 1.82) is 0 Å². The number of carbonyl (C=O) groups excluding carboxylic acids is 2. The molecule has 0 amide bonds. The Morgan fingerprint density at radius 1 is 1.04 bits per heavy atom. The van der Waals surface area contributed by atoms with Crippen LogP contribution in [0.15, 0.2) is 59.6 Å². The molecule has 3 rings (SSSR count). The maximum absolute atomic E-state index is 12.6. The maximum atomic E-state index is 12.6. The summed E-state index contributed by atoms with van der Waals surface area (Å²) in [6.07, 6.45) is 2.16. The molecule has 0 radical (unpaired) electrons. The fraction of sp³-hybridized carbons (Fsp3) is 0.158. The highest BCUT2D eigenvalue weighted by Gasteiger charge is 2.24. The number of carbonyl (C=O) groups is 2. The molecular formula is C19H17NO4S. The van der Waals surface area contributed by atoms with Crippen LogP contribution in [0.25, 0.3) is 10.9 Å². The van der Waals surface area contributed by atoms with Gasteiger partial charge in [-0.2, -0.15) is 0 Å².